The van der Waals surface area contributed by atoms with Crippen molar-refractivity contribution < 1.29 is 9.53 Å². The number of nitrogens with zero attached hydrogens (tertiary/aromatic N) is 3. The van der Waals surface area contributed by atoms with E-state index in [9.17, 15) is 4.79 Å². The largest absolute Gasteiger partial charge is 0.495 e. The topological polar surface area (TPSA) is 69.0 Å². The van der Waals surface area contributed by atoms with Gasteiger partial charge in [0.05, 0.1) is 34.2 Å². The molecule has 3 aromatic rings. The number of hydrogen-bond acceptors (Lipinski definition) is 4. The van der Waals surface area contributed by atoms with E-state index in [1.165, 1.54) is 24.0 Å². The molecule has 6 nitrogen and oxygen atoms in total. The van der Waals surface area contributed by atoms with Crippen LogP contribution in [0.25, 0.3) is 5.69 Å². The van der Waals surface area contributed by atoms with Gasteiger partial charge >= 0.3 is 0 Å². The Labute approximate surface area is 154 Å². The normalized spacial score (nSPS) is 10.6. The summed E-state index contributed by atoms with van der Waals surface area (Å²) in [6, 6.07) is 12.4. The first-order valence-corrected chi connectivity index (χ1v) is 8.09. The number of carbonyl (C=O) groups is 1. The molecule has 3 rings (SSSR count). The maximum absolute atomic E-state index is 12.6. The number of nitrogens with one attached hydrogen (secondary N) is 1. The second-order valence-corrected chi connectivity index (χ2v) is 5.99. The van der Waals surface area contributed by atoms with Crippen LogP contribution in [0.2, 0.25) is 10.0 Å². The molecule has 25 heavy (non-hydrogen) atoms. The molecule has 1 amide bonds. The summed E-state index contributed by atoms with van der Waals surface area (Å²) in [6.07, 6.45) is 0. The third-order valence-electron chi connectivity index (χ3n) is 3.47. The molecular weight excluding hydrogens is 363 g/mol. The Balaban J connectivity index is 1.90. The Morgan fingerprint density at radius 2 is 1.80 bits per heavy atom. The highest BCUT2D eigenvalue weighted by molar-refractivity contribution is 6.42. The van der Waals surface area contributed by atoms with Gasteiger partial charge in [0.15, 0.2) is 5.69 Å². The zero-order valence-corrected chi connectivity index (χ0v) is 15.0. The van der Waals surface area contributed by atoms with Crippen LogP contribution in [0.3, 0.4) is 0 Å². The minimum atomic E-state index is -0.420. The molecule has 0 bridgehead atoms. The van der Waals surface area contributed by atoms with Crippen LogP contribution in [-0.2, 0) is 0 Å². The first kappa shape index (κ1) is 17.3. The number of halogens is 2. The van der Waals surface area contributed by atoms with Crippen molar-refractivity contribution in [1.29, 1.82) is 0 Å². The van der Waals surface area contributed by atoms with E-state index in [-0.39, 0.29) is 5.69 Å². The summed E-state index contributed by atoms with van der Waals surface area (Å²) >= 11 is 12.0. The van der Waals surface area contributed by atoms with Gasteiger partial charge in [-0.15, -0.1) is 5.10 Å². The van der Waals surface area contributed by atoms with E-state index >= 15 is 0 Å². The monoisotopic (exact) mass is 376 g/mol. The fraction of sp³-hybridized carbons (Fsp3) is 0.118. The van der Waals surface area contributed by atoms with Crippen molar-refractivity contribution in [2.75, 3.05) is 12.4 Å². The molecule has 0 unspecified atom stereocenters. The molecule has 1 N–H and O–H groups in total. The van der Waals surface area contributed by atoms with Crippen molar-refractivity contribution in [1.82, 2.24) is 15.0 Å². The molecule has 128 valence electrons. The summed E-state index contributed by atoms with van der Waals surface area (Å²) in [5.41, 5.74) is 1.87. The highest BCUT2D eigenvalue weighted by Gasteiger charge is 2.19. The SMILES string of the molecule is COc1cc(Cl)c(Cl)cc1NC(=O)c1nn(-c2ccccc2)nc1C. The summed E-state index contributed by atoms with van der Waals surface area (Å²) < 4.78 is 5.22. The number of hydrogen-bond donors (Lipinski definition) is 1. The molecule has 8 heteroatoms. The van der Waals surface area contributed by atoms with Crippen LogP contribution in [0.5, 0.6) is 5.75 Å². The molecule has 0 saturated carbocycles. The van der Waals surface area contributed by atoms with Gasteiger partial charge in [0.25, 0.3) is 5.91 Å². The number of aromatic nitrogens is 3. The van der Waals surface area contributed by atoms with Gasteiger partial charge in [0.1, 0.15) is 5.75 Å². The van der Waals surface area contributed by atoms with Gasteiger partial charge in [-0.25, -0.2) is 0 Å². The lowest BCUT2D eigenvalue weighted by atomic mass is 10.2. The average Bonchev–Trinajstić information content (AvgIpc) is 3.00. The predicted molar refractivity (Wildman–Crippen MR) is 97.1 cm³/mol. The second kappa shape index (κ2) is 7.13. The highest BCUT2D eigenvalue weighted by atomic mass is 35.5. The van der Waals surface area contributed by atoms with Crippen LogP contribution in [0.15, 0.2) is 42.5 Å². The highest BCUT2D eigenvalue weighted by Crippen LogP contribution is 2.34. The average molecular weight is 377 g/mol. The molecule has 0 aliphatic carbocycles. The first-order chi connectivity index (χ1) is 12.0. The minimum Gasteiger partial charge on any atom is -0.495 e. The Morgan fingerprint density at radius 3 is 2.48 bits per heavy atom. The summed E-state index contributed by atoms with van der Waals surface area (Å²) in [7, 11) is 1.48. The Bertz CT molecular complexity index is 926. The zero-order valence-electron chi connectivity index (χ0n) is 13.5. The third-order valence-corrected chi connectivity index (χ3v) is 4.20. The Morgan fingerprint density at radius 1 is 1.12 bits per heavy atom. The number of aryl methyl sites for hydroxylation is 1. The van der Waals surface area contributed by atoms with E-state index in [1.54, 1.807) is 6.92 Å². The second-order valence-electron chi connectivity index (χ2n) is 5.18. The lowest BCUT2D eigenvalue weighted by Gasteiger charge is -2.10. The van der Waals surface area contributed by atoms with Crippen molar-refractivity contribution in [3.05, 3.63) is 63.9 Å². The van der Waals surface area contributed by atoms with Crippen molar-refractivity contribution in [2.24, 2.45) is 0 Å². The fourth-order valence-electron chi connectivity index (χ4n) is 2.24. The van der Waals surface area contributed by atoms with Crippen molar-refractivity contribution >= 4 is 34.8 Å². The summed E-state index contributed by atoms with van der Waals surface area (Å²) in [6.45, 7) is 1.72. The Kier molecular flexibility index (Phi) is 4.92. The van der Waals surface area contributed by atoms with E-state index in [2.05, 4.69) is 15.5 Å². The van der Waals surface area contributed by atoms with Crippen LogP contribution in [-0.4, -0.2) is 28.0 Å². The minimum absolute atomic E-state index is 0.206. The fourth-order valence-corrected chi connectivity index (χ4v) is 2.56. The number of amides is 1. The van der Waals surface area contributed by atoms with Gasteiger partial charge in [0.2, 0.25) is 0 Å². The van der Waals surface area contributed by atoms with E-state index in [4.69, 9.17) is 27.9 Å². The predicted octanol–water partition coefficient (Wildman–Crippen LogP) is 4.14. The molecule has 0 fully saturated rings. The van der Waals surface area contributed by atoms with E-state index < -0.39 is 5.91 Å². The summed E-state index contributed by atoms with van der Waals surface area (Å²) in [4.78, 5) is 14.0. The van der Waals surface area contributed by atoms with Gasteiger partial charge in [-0.05, 0) is 25.1 Å². The van der Waals surface area contributed by atoms with Gasteiger partial charge in [-0.1, -0.05) is 41.4 Å². The maximum atomic E-state index is 12.6. The number of ether oxygens (including phenoxy) is 1. The molecule has 1 heterocycles. The quantitative estimate of drug-likeness (QED) is 0.742. The van der Waals surface area contributed by atoms with Gasteiger partial charge in [0, 0.05) is 6.07 Å². The van der Waals surface area contributed by atoms with Crippen LogP contribution >= 0.6 is 23.2 Å². The molecule has 1 aromatic heterocycles. The van der Waals surface area contributed by atoms with Crippen molar-refractivity contribution in [2.45, 2.75) is 6.92 Å². The van der Waals surface area contributed by atoms with Crippen LogP contribution < -0.4 is 10.1 Å². The zero-order chi connectivity index (χ0) is 18.0. The molecule has 0 radical (unpaired) electrons. The van der Waals surface area contributed by atoms with E-state index in [0.29, 0.717) is 27.2 Å². The lowest BCUT2D eigenvalue weighted by molar-refractivity contribution is 0.102. The van der Waals surface area contributed by atoms with Crippen molar-refractivity contribution in [3.63, 3.8) is 0 Å². The molecule has 0 aliphatic rings. The van der Waals surface area contributed by atoms with Crippen LogP contribution in [0, 0.1) is 6.92 Å². The smallest absolute Gasteiger partial charge is 0.278 e. The van der Waals surface area contributed by atoms with Gasteiger partial charge in [-0.2, -0.15) is 9.90 Å². The number of rotatable bonds is 4. The standard InChI is InChI=1S/C17H14Cl2N4O2/c1-10-16(22-23(21-10)11-6-4-3-5-7-11)17(24)20-14-8-12(18)13(19)9-15(14)25-2/h3-9H,1-2H3,(H,20,24). The number of anilines is 1. The maximum Gasteiger partial charge on any atom is 0.278 e. The lowest BCUT2D eigenvalue weighted by Crippen LogP contribution is -2.15. The molecule has 0 atom stereocenters. The molecule has 2 aromatic carbocycles. The van der Waals surface area contributed by atoms with E-state index in [0.717, 1.165) is 5.69 Å². The van der Waals surface area contributed by atoms with Gasteiger partial charge < -0.3 is 10.1 Å². The molecule has 0 aliphatic heterocycles. The Hall–Kier alpha value is -2.57. The number of benzene rings is 2. The summed E-state index contributed by atoms with van der Waals surface area (Å²) in [5.74, 6) is -0.0211. The molecular formula is C17H14Cl2N4O2. The number of carbonyl (C=O) groups excluding carboxylic acids is 1. The number of methoxy groups -OCH3 is 1. The van der Waals surface area contributed by atoms with E-state index in [1.807, 2.05) is 30.3 Å². The van der Waals surface area contributed by atoms with Gasteiger partial charge in [-0.3, -0.25) is 4.79 Å². The molecule has 0 spiro atoms. The first-order valence-electron chi connectivity index (χ1n) is 7.33. The number of para-hydroxylation sites is 1. The van der Waals surface area contributed by atoms with Crippen LogP contribution in [0.4, 0.5) is 5.69 Å². The summed E-state index contributed by atoms with van der Waals surface area (Å²) in [5, 5.41) is 11.9. The van der Waals surface area contributed by atoms with Crippen molar-refractivity contribution in [3.8, 4) is 11.4 Å². The third kappa shape index (κ3) is 3.60. The molecule has 0 saturated heterocycles. The van der Waals surface area contributed by atoms with Crippen LogP contribution in [0.1, 0.15) is 16.2 Å².